The van der Waals surface area contributed by atoms with Crippen LogP contribution in [0.1, 0.15) is 33.6 Å². The van der Waals surface area contributed by atoms with E-state index in [1.54, 1.807) is 0 Å². The van der Waals surface area contributed by atoms with Crippen molar-refractivity contribution in [1.29, 1.82) is 0 Å². The molecule has 82 valence electrons. The van der Waals surface area contributed by atoms with Gasteiger partial charge in [-0.05, 0) is 47.2 Å². The second-order valence-electron chi connectivity index (χ2n) is 5.46. The summed E-state index contributed by atoms with van der Waals surface area (Å²) < 4.78 is 6.14. The third kappa shape index (κ3) is 1.69. The van der Waals surface area contributed by atoms with E-state index in [-0.39, 0.29) is 11.3 Å². The summed E-state index contributed by atoms with van der Waals surface area (Å²) in [4.78, 5) is 2.41. The van der Waals surface area contributed by atoms with Gasteiger partial charge in [0.25, 0.3) is 0 Å². The normalized spacial score (nSPS) is 43.3. The molecule has 0 spiro atoms. The van der Waals surface area contributed by atoms with Gasteiger partial charge in [-0.2, -0.15) is 0 Å². The summed E-state index contributed by atoms with van der Waals surface area (Å²) in [5.41, 5.74) is -0.160. The summed E-state index contributed by atoms with van der Waals surface area (Å²) >= 11 is 0. The van der Waals surface area contributed by atoms with Crippen molar-refractivity contribution in [3.8, 4) is 0 Å². The predicted octanol–water partition coefficient (Wildman–Crippen LogP) is 1.20. The molecule has 0 amide bonds. The molecule has 2 rings (SSSR count). The Bertz CT molecular complexity index is 229. The zero-order valence-corrected chi connectivity index (χ0v) is 9.76. The van der Waals surface area contributed by atoms with Gasteiger partial charge in [0.2, 0.25) is 0 Å². The molecule has 2 fully saturated rings. The molecule has 3 nitrogen and oxygen atoms in total. The van der Waals surface area contributed by atoms with Crippen molar-refractivity contribution in [3.05, 3.63) is 0 Å². The molecule has 2 aliphatic heterocycles. The van der Waals surface area contributed by atoms with E-state index in [1.165, 1.54) is 19.4 Å². The van der Waals surface area contributed by atoms with Gasteiger partial charge in [0.05, 0.1) is 11.6 Å². The Morgan fingerprint density at radius 3 is 2.50 bits per heavy atom. The van der Waals surface area contributed by atoms with Gasteiger partial charge < -0.3 is 4.74 Å². The van der Waals surface area contributed by atoms with E-state index in [0.29, 0.717) is 6.04 Å². The molecule has 2 unspecified atom stereocenters. The van der Waals surface area contributed by atoms with Crippen molar-refractivity contribution >= 4 is 0 Å². The summed E-state index contributed by atoms with van der Waals surface area (Å²) in [6.07, 6.45) is 2.54. The highest BCUT2D eigenvalue weighted by Crippen LogP contribution is 2.34. The molecule has 2 atom stereocenters. The van der Waals surface area contributed by atoms with Crippen molar-refractivity contribution in [2.45, 2.75) is 51.0 Å². The lowest BCUT2D eigenvalue weighted by atomic mass is 10.0. The third-order valence-electron chi connectivity index (χ3n) is 3.51. The molecule has 0 bridgehead atoms. The standard InChI is InChI=1S/C11H22N2O/c1-10(2)8-12-11(3,14-10)9-6-5-7-13(9)4/h9,12H,5-8H2,1-4H3. The Hall–Kier alpha value is -0.120. The largest absolute Gasteiger partial charge is 0.352 e. The Morgan fingerprint density at radius 1 is 1.36 bits per heavy atom. The third-order valence-corrected chi connectivity index (χ3v) is 3.51. The van der Waals surface area contributed by atoms with Crippen LogP contribution in [0.2, 0.25) is 0 Å². The lowest BCUT2D eigenvalue weighted by Crippen LogP contribution is -2.53. The Morgan fingerprint density at radius 2 is 2.07 bits per heavy atom. The molecule has 0 aliphatic carbocycles. The van der Waals surface area contributed by atoms with Gasteiger partial charge in [-0.1, -0.05) is 0 Å². The highest BCUT2D eigenvalue weighted by Gasteiger charge is 2.48. The molecule has 2 aliphatic rings. The van der Waals surface area contributed by atoms with Crippen LogP contribution in [-0.2, 0) is 4.74 Å². The second-order valence-corrected chi connectivity index (χ2v) is 5.46. The summed E-state index contributed by atoms with van der Waals surface area (Å²) in [6.45, 7) is 8.65. The van der Waals surface area contributed by atoms with Gasteiger partial charge in [0, 0.05) is 6.54 Å². The Labute approximate surface area is 86.8 Å². The first-order chi connectivity index (χ1) is 6.43. The van der Waals surface area contributed by atoms with Crippen molar-refractivity contribution in [2.75, 3.05) is 20.1 Å². The topological polar surface area (TPSA) is 24.5 Å². The lowest BCUT2D eigenvalue weighted by molar-refractivity contribution is -0.113. The summed E-state index contributed by atoms with van der Waals surface area (Å²) in [5.74, 6) is 0. The zero-order chi connectivity index (χ0) is 10.4. The summed E-state index contributed by atoms with van der Waals surface area (Å²) in [5, 5.41) is 3.53. The first-order valence-corrected chi connectivity index (χ1v) is 5.58. The number of hydrogen-bond donors (Lipinski definition) is 1. The monoisotopic (exact) mass is 198 g/mol. The second kappa shape index (κ2) is 3.19. The molecule has 0 aromatic heterocycles. The van der Waals surface area contributed by atoms with Crippen LogP contribution in [-0.4, -0.2) is 42.4 Å². The maximum absolute atomic E-state index is 6.14. The number of hydrogen-bond acceptors (Lipinski definition) is 3. The van der Waals surface area contributed by atoms with Gasteiger partial charge in [0.15, 0.2) is 0 Å². The van der Waals surface area contributed by atoms with Crippen LogP contribution in [0.3, 0.4) is 0 Å². The van der Waals surface area contributed by atoms with Crippen LogP contribution in [0.5, 0.6) is 0 Å². The van der Waals surface area contributed by atoms with Crippen LogP contribution in [0, 0.1) is 0 Å². The van der Waals surface area contributed by atoms with Crippen molar-refractivity contribution in [3.63, 3.8) is 0 Å². The Balaban J connectivity index is 2.10. The predicted molar refractivity (Wildman–Crippen MR) is 57.2 cm³/mol. The average Bonchev–Trinajstić information content (AvgIpc) is 2.57. The van der Waals surface area contributed by atoms with E-state index in [1.807, 2.05) is 0 Å². The highest BCUT2D eigenvalue weighted by molar-refractivity contribution is 4.99. The van der Waals surface area contributed by atoms with Crippen LogP contribution in [0.15, 0.2) is 0 Å². The van der Waals surface area contributed by atoms with E-state index >= 15 is 0 Å². The van der Waals surface area contributed by atoms with E-state index in [2.05, 4.69) is 38.0 Å². The maximum Gasteiger partial charge on any atom is 0.132 e. The van der Waals surface area contributed by atoms with Gasteiger partial charge in [-0.15, -0.1) is 0 Å². The van der Waals surface area contributed by atoms with Crippen molar-refractivity contribution in [2.24, 2.45) is 0 Å². The molecular formula is C11H22N2O. The fourth-order valence-electron chi connectivity index (χ4n) is 2.83. The van der Waals surface area contributed by atoms with Crippen molar-refractivity contribution < 1.29 is 4.74 Å². The molecule has 3 heteroatoms. The molecule has 0 aromatic rings. The molecular weight excluding hydrogens is 176 g/mol. The van der Waals surface area contributed by atoms with Gasteiger partial charge in [-0.25, -0.2) is 0 Å². The van der Waals surface area contributed by atoms with Crippen LogP contribution in [0.25, 0.3) is 0 Å². The van der Waals surface area contributed by atoms with E-state index in [0.717, 1.165) is 6.54 Å². The summed E-state index contributed by atoms with van der Waals surface area (Å²) in [6, 6.07) is 0.532. The maximum atomic E-state index is 6.14. The first kappa shape index (κ1) is 10.4. The molecule has 14 heavy (non-hydrogen) atoms. The highest BCUT2D eigenvalue weighted by atomic mass is 16.5. The summed E-state index contributed by atoms with van der Waals surface area (Å²) in [7, 11) is 2.19. The van der Waals surface area contributed by atoms with E-state index < -0.39 is 0 Å². The fourth-order valence-corrected chi connectivity index (χ4v) is 2.83. The molecule has 0 radical (unpaired) electrons. The Kier molecular flexibility index (Phi) is 2.37. The van der Waals surface area contributed by atoms with Gasteiger partial charge in [0.1, 0.15) is 5.72 Å². The minimum atomic E-state index is -0.144. The molecule has 2 heterocycles. The number of likely N-dealkylation sites (N-methyl/N-ethyl adjacent to an activating group) is 1. The molecule has 0 aromatic carbocycles. The number of rotatable bonds is 1. The number of ether oxygens (including phenoxy) is 1. The van der Waals surface area contributed by atoms with Crippen LogP contribution < -0.4 is 5.32 Å². The van der Waals surface area contributed by atoms with Crippen LogP contribution >= 0.6 is 0 Å². The molecule has 0 saturated carbocycles. The minimum Gasteiger partial charge on any atom is -0.352 e. The average molecular weight is 198 g/mol. The lowest BCUT2D eigenvalue weighted by Gasteiger charge is -2.36. The van der Waals surface area contributed by atoms with Gasteiger partial charge in [-0.3, -0.25) is 10.2 Å². The van der Waals surface area contributed by atoms with Crippen molar-refractivity contribution in [1.82, 2.24) is 10.2 Å². The smallest absolute Gasteiger partial charge is 0.132 e. The molecule has 2 saturated heterocycles. The van der Waals surface area contributed by atoms with Gasteiger partial charge >= 0.3 is 0 Å². The number of nitrogens with zero attached hydrogens (tertiary/aromatic N) is 1. The molecule has 1 N–H and O–H groups in total. The fraction of sp³-hybridized carbons (Fsp3) is 1.00. The zero-order valence-electron chi connectivity index (χ0n) is 9.76. The number of likely N-dealkylation sites (tertiary alicyclic amines) is 1. The quantitative estimate of drug-likeness (QED) is 0.685. The number of nitrogens with one attached hydrogen (secondary N) is 1. The van der Waals surface area contributed by atoms with E-state index in [9.17, 15) is 0 Å². The minimum absolute atomic E-state index is 0.0157. The SMILES string of the molecule is CN1CCCC1C1(C)NCC(C)(C)O1. The first-order valence-electron chi connectivity index (χ1n) is 5.58. The van der Waals surface area contributed by atoms with E-state index in [4.69, 9.17) is 4.74 Å². The van der Waals surface area contributed by atoms with Crippen LogP contribution in [0.4, 0.5) is 0 Å².